The van der Waals surface area contributed by atoms with Gasteiger partial charge in [-0.1, -0.05) is 25.5 Å². The predicted molar refractivity (Wildman–Crippen MR) is 54.1 cm³/mol. The quantitative estimate of drug-likeness (QED) is 0.607. The van der Waals surface area contributed by atoms with Gasteiger partial charge in [0.05, 0.1) is 0 Å². The van der Waals surface area contributed by atoms with Crippen LogP contribution in [-0.2, 0) is 0 Å². The van der Waals surface area contributed by atoms with E-state index in [1.807, 2.05) is 0 Å². The van der Waals surface area contributed by atoms with E-state index in [9.17, 15) is 0 Å². The van der Waals surface area contributed by atoms with E-state index in [-0.39, 0.29) is 0 Å². The number of hydrogen-bond acceptors (Lipinski definition) is 1. The van der Waals surface area contributed by atoms with Crippen molar-refractivity contribution < 1.29 is 5.11 Å². The average molecular weight is 170 g/mol. The lowest BCUT2D eigenvalue weighted by Gasteiger charge is -2.06. The molecule has 12 heavy (non-hydrogen) atoms. The van der Waals surface area contributed by atoms with Crippen LogP contribution >= 0.6 is 0 Å². The lowest BCUT2D eigenvalue weighted by molar-refractivity contribution is 0.259. The van der Waals surface area contributed by atoms with Crippen LogP contribution < -0.4 is 0 Å². The fourth-order valence-electron chi connectivity index (χ4n) is 1.12. The van der Waals surface area contributed by atoms with Crippen LogP contribution in [0.1, 0.15) is 46.5 Å². The fraction of sp³-hybridized carbons (Fsp3) is 0.818. The van der Waals surface area contributed by atoms with Crippen molar-refractivity contribution in [2.45, 2.75) is 46.5 Å². The SMILES string of the molecule is CC/C(C)=C/CC[C@H](C)CCO. The van der Waals surface area contributed by atoms with Crippen LogP contribution in [0.4, 0.5) is 0 Å². The molecule has 1 heteroatoms. The van der Waals surface area contributed by atoms with Gasteiger partial charge in [-0.2, -0.15) is 0 Å². The van der Waals surface area contributed by atoms with Crippen molar-refractivity contribution in [3.05, 3.63) is 11.6 Å². The lowest BCUT2D eigenvalue weighted by Crippen LogP contribution is -1.96. The molecule has 0 rings (SSSR count). The third-order valence-corrected chi connectivity index (χ3v) is 2.33. The summed E-state index contributed by atoms with van der Waals surface area (Å²) in [6.45, 7) is 6.89. The summed E-state index contributed by atoms with van der Waals surface area (Å²) in [5, 5.41) is 8.68. The summed E-state index contributed by atoms with van der Waals surface area (Å²) in [5.74, 6) is 0.663. The molecule has 0 aromatic carbocycles. The van der Waals surface area contributed by atoms with Gasteiger partial charge in [-0.05, 0) is 38.5 Å². The molecule has 1 atom stereocenters. The number of hydrogen-bond donors (Lipinski definition) is 1. The highest BCUT2D eigenvalue weighted by Crippen LogP contribution is 2.11. The lowest BCUT2D eigenvalue weighted by atomic mass is 10.0. The van der Waals surface area contributed by atoms with E-state index in [2.05, 4.69) is 26.8 Å². The molecule has 0 spiro atoms. The standard InChI is InChI=1S/C11H22O/c1-4-10(2)6-5-7-11(3)8-9-12/h6,11-12H,4-5,7-9H2,1-3H3/b10-6+/t11-/m0/s1. The predicted octanol–water partition coefficient (Wildman–Crippen LogP) is 3.14. The Labute approximate surface area is 76.5 Å². The Balaban J connectivity index is 3.41. The molecule has 0 aliphatic carbocycles. The number of aliphatic hydroxyl groups excluding tert-OH is 1. The molecule has 0 heterocycles. The van der Waals surface area contributed by atoms with Crippen molar-refractivity contribution in [1.29, 1.82) is 0 Å². The highest BCUT2D eigenvalue weighted by Gasteiger charge is 1.98. The first-order chi connectivity index (χ1) is 5.70. The van der Waals surface area contributed by atoms with E-state index >= 15 is 0 Å². The first-order valence-corrected chi connectivity index (χ1v) is 4.97. The largest absolute Gasteiger partial charge is 0.396 e. The van der Waals surface area contributed by atoms with Gasteiger partial charge in [-0.15, -0.1) is 0 Å². The van der Waals surface area contributed by atoms with E-state index in [4.69, 9.17) is 5.11 Å². The third kappa shape index (κ3) is 6.41. The third-order valence-electron chi connectivity index (χ3n) is 2.33. The second kappa shape index (κ2) is 7.35. The van der Waals surface area contributed by atoms with Crippen LogP contribution in [0.3, 0.4) is 0 Å². The molecule has 0 aliphatic heterocycles. The van der Waals surface area contributed by atoms with Crippen molar-refractivity contribution >= 4 is 0 Å². The van der Waals surface area contributed by atoms with Gasteiger partial charge in [0.25, 0.3) is 0 Å². The molecular formula is C11H22O. The number of allylic oxidation sites excluding steroid dienone is 2. The van der Waals surface area contributed by atoms with Gasteiger partial charge in [0.2, 0.25) is 0 Å². The minimum atomic E-state index is 0.331. The smallest absolute Gasteiger partial charge is 0.0433 e. The summed E-state index contributed by atoms with van der Waals surface area (Å²) < 4.78 is 0. The molecule has 0 radical (unpaired) electrons. The topological polar surface area (TPSA) is 20.2 Å². The van der Waals surface area contributed by atoms with Gasteiger partial charge >= 0.3 is 0 Å². The molecule has 0 aromatic heterocycles. The zero-order valence-corrected chi connectivity index (χ0v) is 8.64. The van der Waals surface area contributed by atoms with Gasteiger partial charge in [-0.25, -0.2) is 0 Å². The van der Waals surface area contributed by atoms with Crippen LogP contribution in [0, 0.1) is 5.92 Å². The van der Waals surface area contributed by atoms with Crippen molar-refractivity contribution in [1.82, 2.24) is 0 Å². The Morgan fingerprint density at radius 2 is 2.08 bits per heavy atom. The van der Waals surface area contributed by atoms with Crippen molar-refractivity contribution in [3.63, 3.8) is 0 Å². The summed E-state index contributed by atoms with van der Waals surface area (Å²) in [6.07, 6.45) is 6.79. The minimum Gasteiger partial charge on any atom is -0.396 e. The summed E-state index contributed by atoms with van der Waals surface area (Å²) in [5.41, 5.74) is 1.48. The fourth-order valence-corrected chi connectivity index (χ4v) is 1.12. The van der Waals surface area contributed by atoms with Gasteiger partial charge in [0.1, 0.15) is 0 Å². The van der Waals surface area contributed by atoms with E-state index in [0.29, 0.717) is 12.5 Å². The molecule has 0 amide bonds. The van der Waals surface area contributed by atoms with Crippen LogP contribution in [0.5, 0.6) is 0 Å². The second-order valence-electron chi connectivity index (χ2n) is 3.60. The Kier molecular flexibility index (Phi) is 7.17. The summed E-state index contributed by atoms with van der Waals surface area (Å²) >= 11 is 0. The summed E-state index contributed by atoms with van der Waals surface area (Å²) in [4.78, 5) is 0. The summed E-state index contributed by atoms with van der Waals surface area (Å²) in [7, 11) is 0. The van der Waals surface area contributed by atoms with Crippen LogP contribution in [0.25, 0.3) is 0 Å². The maximum Gasteiger partial charge on any atom is 0.0433 e. The maximum atomic E-state index is 8.68. The van der Waals surface area contributed by atoms with Crippen molar-refractivity contribution in [2.24, 2.45) is 5.92 Å². The van der Waals surface area contributed by atoms with E-state index in [1.165, 1.54) is 18.4 Å². The van der Waals surface area contributed by atoms with E-state index < -0.39 is 0 Å². The molecule has 1 nitrogen and oxygen atoms in total. The average Bonchev–Trinajstić information content (AvgIpc) is 2.04. The van der Waals surface area contributed by atoms with E-state index in [1.54, 1.807) is 0 Å². The molecular weight excluding hydrogens is 148 g/mol. The zero-order valence-electron chi connectivity index (χ0n) is 8.64. The van der Waals surface area contributed by atoms with Gasteiger partial charge < -0.3 is 5.11 Å². The highest BCUT2D eigenvalue weighted by molar-refractivity contribution is 4.96. The molecule has 0 bridgehead atoms. The van der Waals surface area contributed by atoms with E-state index in [0.717, 1.165) is 12.8 Å². The van der Waals surface area contributed by atoms with Crippen LogP contribution in [0.15, 0.2) is 11.6 Å². The number of aliphatic hydroxyl groups is 1. The molecule has 0 aromatic rings. The Morgan fingerprint density at radius 1 is 1.42 bits per heavy atom. The zero-order chi connectivity index (χ0) is 9.40. The summed E-state index contributed by atoms with van der Waals surface area (Å²) in [6, 6.07) is 0. The Morgan fingerprint density at radius 3 is 2.58 bits per heavy atom. The molecule has 0 saturated carbocycles. The Hall–Kier alpha value is -0.300. The first kappa shape index (κ1) is 11.7. The van der Waals surface area contributed by atoms with Gasteiger partial charge in [0, 0.05) is 6.61 Å². The number of rotatable bonds is 6. The van der Waals surface area contributed by atoms with Crippen molar-refractivity contribution in [3.8, 4) is 0 Å². The molecule has 1 N–H and O–H groups in total. The molecule has 0 aliphatic rings. The first-order valence-electron chi connectivity index (χ1n) is 4.97. The molecule has 0 unspecified atom stereocenters. The van der Waals surface area contributed by atoms with Crippen molar-refractivity contribution in [2.75, 3.05) is 6.61 Å². The second-order valence-corrected chi connectivity index (χ2v) is 3.60. The molecule has 72 valence electrons. The van der Waals surface area contributed by atoms with Gasteiger partial charge in [0.15, 0.2) is 0 Å². The highest BCUT2D eigenvalue weighted by atomic mass is 16.2. The minimum absolute atomic E-state index is 0.331. The maximum absolute atomic E-state index is 8.68. The van der Waals surface area contributed by atoms with Crippen LogP contribution in [-0.4, -0.2) is 11.7 Å². The molecule has 0 fully saturated rings. The normalized spacial score (nSPS) is 14.8. The Bertz CT molecular complexity index is 127. The monoisotopic (exact) mass is 170 g/mol. The molecule has 0 saturated heterocycles. The van der Waals surface area contributed by atoms with Gasteiger partial charge in [-0.3, -0.25) is 0 Å². The van der Waals surface area contributed by atoms with Crippen LogP contribution in [0.2, 0.25) is 0 Å².